The molecular weight excluding hydrogens is 266 g/mol. The first-order valence-electron chi connectivity index (χ1n) is 6.16. The van der Waals surface area contributed by atoms with Gasteiger partial charge in [-0.2, -0.15) is 8.78 Å². The number of benzene rings is 1. The SMILES string of the molecule is C=C(Sc1ccccc1)C(F)(F)C1(O)C=CCCC1. The Kier molecular flexibility index (Phi) is 4.11. The van der Waals surface area contributed by atoms with Crippen molar-refractivity contribution in [2.75, 3.05) is 0 Å². The number of halogens is 2. The average molecular weight is 282 g/mol. The smallest absolute Gasteiger partial charge is 0.310 e. The van der Waals surface area contributed by atoms with Gasteiger partial charge in [-0.25, -0.2) is 0 Å². The summed E-state index contributed by atoms with van der Waals surface area (Å²) in [5, 5.41) is 10.1. The van der Waals surface area contributed by atoms with E-state index in [2.05, 4.69) is 6.58 Å². The zero-order valence-corrected chi connectivity index (χ0v) is 11.3. The Labute approximate surface area is 116 Å². The largest absolute Gasteiger partial charge is 0.379 e. The fourth-order valence-corrected chi connectivity index (χ4v) is 2.93. The molecule has 2 rings (SSSR count). The molecule has 4 heteroatoms. The van der Waals surface area contributed by atoms with Crippen molar-refractivity contribution in [3.8, 4) is 0 Å². The van der Waals surface area contributed by atoms with E-state index in [0.29, 0.717) is 11.3 Å². The van der Waals surface area contributed by atoms with Crippen molar-refractivity contribution < 1.29 is 13.9 Å². The molecule has 0 saturated heterocycles. The van der Waals surface area contributed by atoms with Crippen molar-refractivity contribution >= 4 is 11.8 Å². The van der Waals surface area contributed by atoms with Crippen LogP contribution in [-0.2, 0) is 0 Å². The van der Waals surface area contributed by atoms with Gasteiger partial charge in [-0.05, 0) is 31.4 Å². The number of thioether (sulfide) groups is 1. The lowest BCUT2D eigenvalue weighted by Gasteiger charge is -2.36. The number of alkyl halides is 2. The van der Waals surface area contributed by atoms with Crippen LogP contribution in [0.15, 0.2) is 58.9 Å². The highest BCUT2D eigenvalue weighted by atomic mass is 32.2. The molecule has 1 aliphatic carbocycles. The molecular formula is C15H16F2OS. The Morgan fingerprint density at radius 1 is 1.32 bits per heavy atom. The zero-order chi connectivity index (χ0) is 13.9. The first-order valence-corrected chi connectivity index (χ1v) is 6.97. The van der Waals surface area contributed by atoms with E-state index in [4.69, 9.17) is 0 Å². The second-order valence-electron chi connectivity index (χ2n) is 4.63. The molecule has 0 spiro atoms. The predicted molar refractivity (Wildman–Crippen MR) is 74.3 cm³/mol. The van der Waals surface area contributed by atoms with Crippen molar-refractivity contribution in [3.05, 3.63) is 54.0 Å². The first kappa shape index (κ1) is 14.3. The summed E-state index contributed by atoms with van der Waals surface area (Å²) in [7, 11) is 0. The molecule has 0 bridgehead atoms. The van der Waals surface area contributed by atoms with Crippen LogP contribution in [0.25, 0.3) is 0 Å². The van der Waals surface area contributed by atoms with Gasteiger partial charge in [-0.15, -0.1) is 0 Å². The molecule has 1 unspecified atom stereocenters. The minimum atomic E-state index is -3.34. The summed E-state index contributed by atoms with van der Waals surface area (Å²) in [4.78, 5) is 0.364. The van der Waals surface area contributed by atoms with Crippen LogP contribution in [0.4, 0.5) is 8.78 Å². The first-order chi connectivity index (χ1) is 8.96. The van der Waals surface area contributed by atoms with Gasteiger partial charge in [0.1, 0.15) is 0 Å². The Morgan fingerprint density at radius 3 is 2.58 bits per heavy atom. The minimum Gasteiger partial charge on any atom is -0.379 e. The number of aliphatic hydroxyl groups is 1. The molecule has 1 nitrogen and oxygen atoms in total. The van der Waals surface area contributed by atoms with Gasteiger partial charge in [0, 0.05) is 4.90 Å². The summed E-state index contributed by atoms with van der Waals surface area (Å²) >= 11 is 0.904. The summed E-state index contributed by atoms with van der Waals surface area (Å²) in [5.74, 6) is -3.34. The number of allylic oxidation sites excluding steroid dienone is 1. The maximum absolute atomic E-state index is 14.4. The van der Waals surface area contributed by atoms with Gasteiger partial charge in [0.25, 0.3) is 0 Å². The Hall–Kier alpha value is -1.13. The van der Waals surface area contributed by atoms with Gasteiger partial charge in [-0.3, -0.25) is 0 Å². The Morgan fingerprint density at radius 2 is 2.00 bits per heavy atom. The van der Waals surface area contributed by atoms with Crippen LogP contribution in [0.5, 0.6) is 0 Å². The second-order valence-corrected chi connectivity index (χ2v) is 5.80. The van der Waals surface area contributed by atoms with Gasteiger partial charge >= 0.3 is 5.92 Å². The topological polar surface area (TPSA) is 20.2 Å². The number of hydrogen-bond acceptors (Lipinski definition) is 2. The summed E-state index contributed by atoms with van der Waals surface area (Å²) in [6.45, 7) is 3.46. The highest BCUT2D eigenvalue weighted by molar-refractivity contribution is 8.03. The van der Waals surface area contributed by atoms with Crippen LogP contribution >= 0.6 is 11.8 Å². The van der Waals surface area contributed by atoms with Crippen molar-refractivity contribution in [1.82, 2.24) is 0 Å². The molecule has 0 fully saturated rings. The third-order valence-corrected chi connectivity index (χ3v) is 4.21. The summed E-state index contributed by atoms with van der Waals surface area (Å²) in [6.07, 6.45) is 4.18. The van der Waals surface area contributed by atoms with Crippen LogP contribution in [-0.4, -0.2) is 16.6 Å². The van der Waals surface area contributed by atoms with Crippen LogP contribution in [0, 0.1) is 0 Å². The third kappa shape index (κ3) is 2.90. The van der Waals surface area contributed by atoms with Gasteiger partial charge in [0.15, 0.2) is 5.60 Å². The zero-order valence-electron chi connectivity index (χ0n) is 10.5. The lowest BCUT2D eigenvalue weighted by atomic mass is 9.85. The van der Waals surface area contributed by atoms with Crippen LogP contribution < -0.4 is 0 Å². The maximum atomic E-state index is 14.4. The molecule has 1 aliphatic rings. The molecule has 19 heavy (non-hydrogen) atoms. The van der Waals surface area contributed by atoms with E-state index in [1.807, 2.05) is 6.07 Å². The van der Waals surface area contributed by atoms with Crippen molar-refractivity contribution in [2.24, 2.45) is 0 Å². The fraction of sp³-hybridized carbons (Fsp3) is 0.333. The number of hydrogen-bond donors (Lipinski definition) is 1. The van der Waals surface area contributed by atoms with Crippen LogP contribution in [0.2, 0.25) is 0 Å². The predicted octanol–water partition coefficient (Wildman–Crippen LogP) is 4.40. The van der Waals surface area contributed by atoms with Crippen molar-refractivity contribution in [2.45, 2.75) is 35.7 Å². The monoisotopic (exact) mass is 282 g/mol. The van der Waals surface area contributed by atoms with E-state index < -0.39 is 11.5 Å². The molecule has 1 N–H and O–H groups in total. The van der Waals surface area contributed by atoms with E-state index in [9.17, 15) is 13.9 Å². The molecule has 102 valence electrons. The fourth-order valence-electron chi connectivity index (χ4n) is 2.05. The molecule has 1 aromatic rings. The van der Waals surface area contributed by atoms with E-state index >= 15 is 0 Å². The molecule has 1 atom stereocenters. The normalized spacial score (nSPS) is 23.3. The van der Waals surface area contributed by atoms with E-state index in [1.54, 1.807) is 30.3 Å². The van der Waals surface area contributed by atoms with Crippen molar-refractivity contribution in [3.63, 3.8) is 0 Å². The van der Waals surface area contributed by atoms with E-state index in [-0.39, 0.29) is 11.3 Å². The molecule has 0 aliphatic heterocycles. The Balaban J connectivity index is 2.17. The molecule has 0 heterocycles. The van der Waals surface area contributed by atoms with Crippen LogP contribution in [0.1, 0.15) is 19.3 Å². The second kappa shape index (κ2) is 5.47. The lowest BCUT2D eigenvalue weighted by molar-refractivity contribution is -0.128. The van der Waals surface area contributed by atoms with E-state index in [1.165, 1.54) is 6.08 Å². The molecule has 0 radical (unpaired) electrons. The maximum Gasteiger partial charge on any atom is 0.310 e. The van der Waals surface area contributed by atoms with Crippen molar-refractivity contribution in [1.29, 1.82) is 0 Å². The summed E-state index contributed by atoms with van der Waals surface area (Å²) in [5.41, 5.74) is -2.11. The minimum absolute atomic E-state index is 0.0604. The van der Waals surface area contributed by atoms with Gasteiger partial charge in [0.2, 0.25) is 0 Å². The molecule has 0 aromatic heterocycles. The average Bonchev–Trinajstić information content (AvgIpc) is 2.40. The molecule has 1 aromatic carbocycles. The summed E-state index contributed by atoms with van der Waals surface area (Å²) in [6, 6.07) is 8.87. The molecule has 0 saturated carbocycles. The van der Waals surface area contributed by atoms with Gasteiger partial charge in [0.05, 0.1) is 4.91 Å². The van der Waals surface area contributed by atoms with Gasteiger partial charge in [-0.1, -0.05) is 48.7 Å². The third-order valence-electron chi connectivity index (χ3n) is 3.20. The van der Waals surface area contributed by atoms with Gasteiger partial charge < -0.3 is 5.11 Å². The highest BCUT2D eigenvalue weighted by Gasteiger charge is 2.53. The standard InChI is InChI=1S/C15H16F2OS/c1-12(19-13-8-4-2-5-9-13)15(16,17)14(18)10-6-3-7-11-14/h2,4-6,8-10,18H,1,3,7,11H2. The highest BCUT2D eigenvalue weighted by Crippen LogP contribution is 2.46. The lowest BCUT2D eigenvalue weighted by Crippen LogP contribution is -2.47. The van der Waals surface area contributed by atoms with Crippen LogP contribution in [0.3, 0.4) is 0 Å². The quantitative estimate of drug-likeness (QED) is 0.652. The Bertz CT molecular complexity index is 484. The summed E-state index contributed by atoms with van der Waals surface area (Å²) < 4.78 is 28.7. The molecule has 0 amide bonds. The van der Waals surface area contributed by atoms with E-state index in [0.717, 1.165) is 18.2 Å². The number of rotatable bonds is 4.